The molecule has 0 unspecified atom stereocenters. The van der Waals surface area contributed by atoms with Crippen LogP contribution in [0.5, 0.6) is 0 Å². The van der Waals surface area contributed by atoms with E-state index in [1.807, 2.05) is 0 Å². The Labute approximate surface area is 195 Å². The second-order valence-electron chi connectivity index (χ2n) is 8.00. The Hall–Kier alpha value is -2.52. The first kappa shape index (κ1) is 22.3. The molecule has 5 heterocycles. The van der Waals surface area contributed by atoms with Crippen molar-refractivity contribution in [1.29, 1.82) is 0 Å². The van der Waals surface area contributed by atoms with Crippen LogP contribution in [0.4, 0.5) is 11.8 Å². The van der Waals surface area contributed by atoms with Gasteiger partial charge in [-0.15, -0.1) is 11.3 Å². The molecule has 2 saturated heterocycles. The lowest BCUT2D eigenvalue weighted by molar-refractivity contribution is 0.122. The summed E-state index contributed by atoms with van der Waals surface area (Å²) in [5, 5.41) is 0.923. The number of nitrogens with zero attached hydrogens (tertiary/aromatic N) is 8. The number of nitrogen functional groups attached to an aromatic ring is 1. The molecule has 12 nitrogen and oxygen atoms in total. The molecule has 2 aliphatic rings. The van der Waals surface area contributed by atoms with Crippen molar-refractivity contribution in [1.82, 2.24) is 34.1 Å². The molecule has 176 valence electrons. The summed E-state index contributed by atoms with van der Waals surface area (Å²) in [7, 11) is -3.15. The van der Waals surface area contributed by atoms with E-state index in [9.17, 15) is 8.42 Å². The summed E-state index contributed by atoms with van der Waals surface area (Å²) in [6.45, 7) is 5.71. The van der Waals surface area contributed by atoms with E-state index in [2.05, 4.69) is 19.8 Å². The maximum atomic E-state index is 11.8. The van der Waals surface area contributed by atoms with Crippen molar-refractivity contribution in [3.63, 3.8) is 0 Å². The molecule has 0 saturated carbocycles. The van der Waals surface area contributed by atoms with Gasteiger partial charge in [-0.25, -0.2) is 33.3 Å². The second kappa shape index (κ2) is 9.02. The Balaban J connectivity index is 1.45. The average Bonchev–Trinajstić information content (AvgIpc) is 3.21. The number of piperazine rings is 1. The van der Waals surface area contributed by atoms with E-state index in [1.54, 1.807) is 23.7 Å². The van der Waals surface area contributed by atoms with Crippen molar-refractivity contribution in [2.75, 3.05) is 69.4 Å². The number of hydrogen-bond acceptors (Lipinski definition) is 12. The third kappa shape index (κ3) is 4.89. The maximum absolute atomic E-state index is 11.8. The predicted molar refractivity (Wildman–Crippen MR) is 125 cm³/mol. The number of anilines is 2. The first-order valence-electron chi connectivity index (χ1n) is 10.6. The van der Waals surface area contributed by atoms with Crippen LogP contribution in [0.25, 0.3) is 21.7 Å². The first-order chi connectivity index (χ1) is 15.9. The molecule has 33 heavy (non-hydrogen) atoms. The molecule has 0 spiro atoms. The zero-order valence-electron chi connectivity index (χ0n) is 18.2. The zero-order valence-corrected chi connectivity index (χ0v) is 19.8. The van der Waals surface area contributed by atoms with Gasteiger partial charge in [0.1, 0.15) is 9.71 Å². The lowest BCUT2D eigenvalue weighted by atomic mass is 10.3. The van der Waals surface area contributed by atoms with Crippen LogP contribution in [-0.2, 0) is 21.3 Å². The minimum Gasteiger partial charge on any atom is -0.378 e. The highest BCUT2D eigenvalue weighted by Crippen LogP contribution is 2.33. The summed E-state index contributed by atoms with van der Waals surface area (Å²) in [4.78, 5) is 26.9. The maximum Gasteiger partial charge on any atom is 0.219 e. The zero-order chi connectivity index (χ0) is 23.0. The fourth-order valence-corrected chi connectivity index (χ4v) is 5.79. The van der Waals surface area contributed by atoms with Crippen LogP contribution in [0.15, 0.2) is 12.4 Å². The van der Waals surface area contributed by atoms with Gasteiger partial charge in [0.05, 0.1) is 31.6 Å². The lowest BCUT2D eigenvalue weighted by Gasteiger charge is -2.32. The van der Waals surface area contributed by atoms with Crippen LogP contribution in [0.2, 0.25) is 0 Å². The van der Waals surface area contributed by atoms with Gasteiger partial charge in [-0.1, -0.05) is 0 Å². The second-order valence-corrected chi connectivity index (χ2v) is 11.1. The molecular weight excluding hydrogens is 466 g/mol. The van der Waals surface area contributed by atoms with Crippen LogP contribution in [0, 0.1) is 0 Å². The Morgan fingerprint density at radius 3 is 2.39 bits per heavy atom. The molecule has 0 atom stereocenters. The molecule has 0 radical (unpaired) electrons. The minimum absolute atomic E-state index is 0.195. The van der Waals surface area contributed by atoms with Crippen LogP contribution in [-0.4, -0.2) is 101 Å². The van der Waals surface area contributed by atoms with Crippen LogP contribution >= 0.6 is 11.3 Å². The van der Waals surface area contributed by atoms with Gasteiger partial charge in [-0.3, -0.25) is 4.90 Å². The van der Waals surface area contributed by atoms with Crippen molar-refractivity contribution in [2.24, 2.45) is 0 Å². The topological polar surface area (TPSA) is 144 Å². The molecule has 0 amide bonds. The quantitative estimate of drug-likeness (QED) is 0.516. The number of aromatic nitrogens is 5. The molecule has 0 aromatic carbocycles. The summed E-state index contributed by atoms with van der Waals surface area (Å²) < 4.78 is 31.5. The van der Waals surface area contributed by atoms with E-state index in [0.717, 1.165) is 28.6 Å². The fourth-order valence-electron chi connectivity index (χ4n) is 3.90. The van der Waals surface area contributed by atoms with Gasteiger partial charge < -0.3 is 15.4 Å². The summed E-state index contributed by atoms with van der Waals surface area (Å²) >= 11 is 1.58. The lowest BCUT2D eigenvalue weighted by Crippen LogP contribution is -2.47. The standard InChI is InChI=1S/C19H25N9O3S2/c1-33(29,30)28-4-2-26(3-5-28)12-14-23-17-15(32-14)18(27-6-8-31-9-7-27)25-16(24-17)13-10-21-19(20)22-11-13/h10-11H,2-9,12H2,1H3,(H2,20,21,22). The van der Waals surface area contributed by atoms with E-state index in [0.29, 0.717) is 63.0 Å². The van der Waals surface area contributed by atoms with Crippen LogP contribution in [0.3, 0.4) is 0 Å². The van der Waals surface area contributed by atoms with Crippen molar-refractivity contribution in [3.05, 3.63) is 17.4 Å². The van der Waals surface area contributed by atoms with E-state index < -0.39 is 10.0 Å². The number of hydrogen-bond donors (Lipinski definition) is 1. The highest BCUT2D eigenvalue weighted by atomic mass is 32.2. The van der Waals surface area contributed by atoms with Crippen LogP contribution in [0.1, 0.15) is 5.01 Å². The highest BCUT2D eigenvalue weighted by Gasteiger charge is 2.25. The van der Waals surface area contributed by atoms with E-state index in [4.69, 9.17) is 25.4 Å². The molecule has 0 bridgehead atoms. The number of sulfonamides is 1. The van der Waals surface area contributed by atoms with Crippen molar-refractivity contribution in [2.45, 2.75) is 6.54 Å². The summed E-state index contributed by atoms with van der Waals surface area (Å²) in [6.07, 6.45) is 4.48. The molecule has 2 N–H and O–H groups in total. The Kier molecular flexibility index (Phi) is 6.09. The Morgan fingerprint density at radius 2 is 1.73 bits per heavy atom. The third-order valence-electron chi connectivity index (χ3n) is 5.68. The molecule has 5 rings (SSSR count). The molecule has 0 aliphatic carbocycles. The van der Waals surface area contributed by atoms with E-state index in [-0.39, 0.29) is 5.95 Å². The van der Waals surface area contributed by atoms with Crippen molar-refractivity contribution >= 4 is 43.5 Å². The predicted octanol–water partition coefficient (Wildman–Crippen LogP) is 0.0393. The van der Waals surface area contributed by atoms with Gasteiger partial charge in [0.2, 0.25) is 16.0 Å². The van der Waals surface area contributed by atoms with E-state index >= 15 is 0 Å². The summed E-state index contributed by atoms with van der Waals surface area (Å²) in [5.74, 6) is 1.53. The number of nitrogens with two attached hydrogens (primary N) is 1. The smallest absolute Gasteiger partial charge is 0.219 e. The van der Waals surface area contributed by atoms with Gasteiger partial charge in [0.15, 0.2) is 17.3 Å². The third-order valence-corrected chi connectivity index (χ3v) is 8.01. The van der Waals surface area contributed by atoms with Gasteiger partial charge in [0.25, 0.3) is 0 Å². The molecular formula is C19H25N9O3S2. The average molecular weight is 492 g/mol. The van der Waals surface area contributed by atoms with Gasteiger partial charge in [-0.2, -0.15) is 4.31 Å². The number of thiazole rings is 1. The highest BCUT2D eigenvalue weighted by molar-refractivity contribution is 7.88. The molecule has 2 fully saturated rings. The number of morpholine rings is 1. The largest absolute Gasteiger partial charge is 0.378 e. The number of ether oxygens (including phenoxy) is 1. The number of fused-ring (bicyclic) bond motifs is 1. The summed E-state index contributed by atoms with van der Waals surface area (Å²) in [6, 6.07) is 0. The normalized spacial score (nSPS) is 18.8. The molecule has 3 aromatic rings. The Bertz CT molecular complexity index is 1240. The van der Waals surface area contributed by atoms with Crippen molar-refractivity contribution in [3.8, 4) is 11.4 Å². The number of rotatable bonds is 5. The summed E-state index contributed by atoms with van der Waals surface area (Å²) in [5.41, 5.74) is 6.94. The van der Waals surface area contributed by atoms with E-state index in [1.165, 1.54) is 10.6 Å². The van der Waals surface area contributed by atoms with Crippen LogP contribution < -0.4 is 10.6 Å². The molecule has 2 aliphatic heterocycles. The molecule has 3 aromatic heterocycles. The van der Waals surface area contributed by atoms with Gasteiger partial charge in [-0.05, 0) is 0 Å². The van der Waals surface area contributed by atoms with Gasteiger partial charge in [0, 0.05) is 51.7 Å². The SMILES string of the molecule is CS(=O)(=O)N1CCN(Cc2nc3nc(-c4cnc(N)nc4)nc(N4CCOCC4)c3s2)CC1. The Morgan fingerprint density at radius 1 is 1.03 bits per heavy atom. The fraction of sp³-hybridized carbons (Fsp3) is 0.526. The van der Waals surface area contributed by atoms with Gasteiger partial charge >= 0.3 is 0 Å². The monoisotopic (exact) mass is 491 g/mol. The molecule has 14 heteroatoms. The first-order valence-corrected chi connectivity index (χ1v) is 13.3. The minimum atomic E-state index is -3.15. The van der Waals surface area contributed by atoms with Crippen molar-refractivity contribution < 1.29 is 13.2 Å².